The largest absolute Gasteiger partial charge is 0.508 e. The molecule has 0 bridgehead atoms. The Morgan fingerprint density at radius 3 is 2.58 bits per heavy atom. The highest BCUT2D eigenvalue weighted by molar-refractivity contribution is 6.32. The van der Waals surface area contributed by atoms with Crippen molar-refractivity contribution in [2.24, 2.45) is 0 Å². The molecule has 1 amide bonds. The summed E-state index contributed by atoms with van der Waals surface area (Å²) in [5.41, 5.74) is 1.73. The van der Waals surface area contributed by atoms with Gasteiger partial charge in [0.15, 0.2) is 0 Å². The summed E-state index contributed by atoms with van der Waals surface area (Å²) >= 11 is 6.38. The number of hydrogen-bond donors (Lipinski definition) is 2. The molecule has 0 saturated carbocycles. The van der Waals surface area contributed by atoms with E-state index in [0.717, 1.165) is 32.4 Å². The van der Waals surface area contributed by atoms with E-state index in [2.05, 4.69) is 17.1 Å². The number of piperidine rings is 1. The van der Waals surface area contributed by atoms with E-state index in [1.807, 2.05) is 12.1 Å². The number of likely N-dealkylation sites (tertiary alicyclic amines) is 1. The minimum absolute atomic E-state index is 0.107. The minimum atomic E-state index is -0.179. The number of halogens is 1. The molecular formula is C24H31ClN2O4. The first-order chi connectivity index (χ1) is 15.0. The van der Waals surface area contributed by atoms with Gasteiger partial charge in [-0.2, -0.15) is 0 Å². The molecule has 1 heterocycles. The van der Waals surface area contributed by atoms with E-state index in [9.17, 15) is 9.90 Å². The molecule has 1 saturated heterocycles. The number of phenols is 1. The van der Waals surface area contributed by atoms with Crippen LogP contribution >= 0.6 is 11.6 Å². The lowest BCUT2D eigenvalue weighted by molar-refractivity contribution is 0.0799. The van der Waals surface area contributed by atoms with E-state index >= 15 is 0 Å². The maximum atomic E-state index is 12.1. The Morgan fingerprint density at radius 2 is 1.94 bits per heavy atom. The molecule has 2 N–H and O–H groups in total. The smallest absolute Gasteiger partial charge is 0.251 e. The van der Waals surface area contributed by atoms with Crippen LogP contribution in [0.4, 0.5) is 0 Å². The Morgan fingerprint density at radius 1 is 1.23 bits per heavy atom. The third-order valence-electron chi connectivity index (χ3n) is 5.65. The highest BCUT2D eigenvalue weighted by atomic mass is 35.5. The van der Waals surface area contributed by atoms with E-state index in [0.29, 0.717) is 41.3 Å². The molecule has 0 unspecified atom stereocenters. The summed E-state index contributed by atoms with van der Waals surface area (Å²) in [6.07, 6.45) is 2.91. The Balaban J connectivity index is 1.47. The average molecular weight is 447 g/mol. The number of ether oxygens (including phenoxy) is 2. The maximum absolute atomic E-state index is 12.1. The van der Waals surface area contributed by atoms with Gasteiger partial charge in [0, 0.05) is 38.3 Å². The van der Waals surface area contributed by atoms with Crippen molar-refractivity contribution in [3.63, 3.8) is 0 Å². The van der Waals surface area contributed by atoms with Crippen molar-refractivity contribution in [3.8, 4) is 11.5 Å². The summed E-state index contributed by atoms with van der Waals surface area (Å²) < 4.78 is 11.1. The van der Waals surface area contributed by atoms with Crippen molar-refractivity contribution in [2.45, 2.75) is 38.3 Å². The topological polar surface area (TPSA) is 71.0 Å². The number of rotatable bonds is 9. The summed E-state index contributed by atoms with van der Waals surface area (Å²) in [5, 5.41) is 12.7. The number of amides is 1. The molecule has 0 aliphatic carbocycles. The van der Waals surface area contributed by atoms with E-state index in [4.69, 9.17) is 21.1 Å². The van der Waals surface area contributed by atoms with Crippen molar-refractivity contribution in [2.75, 3.05) is 33.4 Å². The normalized spacial score (nSPS) is 16.1. The predicted molar refractivity (Wildman–Crippen MR) is 122 cm³/mol. The molecule has 7 heteroatoms. The van der Waals surface area contributed by atoms with Gasteiger partial charge in [-0.05, 0) is 62.1 Å². The highest BCUT2D eigenvalue weighted by Gasteiger charge is 2.24. The van der Waals surface area contributed by atoms with Gasteiger partial charge in [-0.3, -0.25) is 4.79 Å². The zero-order valence-corrected chi connectivity index (χ0v) is 18.9. The Kier molecular flexibility index (Phi) is 8.58. The molecule has 3 rings (SSSR count). The van der Waals surface area contributed by atoms with Crippen LogP contribution in [0, 0.1) is 0 Å². The van der Waals surface area contributed by atoms with E-state index in [-0.39, 0.29) is 12.0 Å². The highest BCUT2D eigenvalue weighted by Crippen LogP contribution is 2.29. The van der Waals surface area contributed by atoms with Crippen LogP contribution in [0.5, 0.6) is 11.5 Å². The first-order valence-electron chi connectivity index (χ1n) is 10.7. The van der Waals surface area contributed by atoms with Crippen molar-refractivity contribution in [1.29, 1.82) is 0 Å². The summed E-state index contributed by atoms with van der Waals surface area (Å²) in [4.78, 5) is 14.6. The monoisotopic (exact) mass is 446 g/mol. The number of methoxy groups -OCH3 is 1. The maximum Gasteiger partial charge on any atom is 0.251 e. The lowest BCUT2D eigenvalue weighted by Crippen LogP contribution is -2.43. The zero-order valence-electron chi connectivity index (χ0n) is 18.1. The van der Waals surface area contributed by atoms with E-state index < -0.39 is 0 Å². The van der Waals surface area contributed by atoms with Gasteiger partial charge in [-0.1, -0.05) is 23.7 Å². The lowest BCUT2D eigenvalue weighted by Gasteiger charge is -2.36. The summed E-state index contributed by atoms with van der Waals surface area (Å²) in [7, 11) is 1.59. The number of carbonyl (C=O) groups is 1. The van der Waals surface area contributed by atoms with Crippen molar-refractivity contribution in [1.82, 2.24) is 10.2 Å². The Labute approximate surface area is 189 Å². The second-order valence-electron chi connectivity index (χ2n) is 7.97. The fraction of sp³-hybridized carbons (Fsp3) is 0.458. The molecule has 0 aromatic heterocycles. The quantitative estimate of drug-likeness (QED) is 0.572. The third-order valence-corrected chi connectivity index (χ3v) is 5.94. The van der Waals surface area contributed by atoms with Gasteiger partial charge in [0.1, 0.15) is 17.6 Å². The predicted octanol–water partition coefficient (Wildman–Crippen LogP) is 3.90. The zero-order chi connectivity index (χ0) is 22.2. The molecule has 0 radical (unpaired) electrons. The summed E-state index contributed by atoms with van der Waals surface area (Å²) in [6.45, 7) is 5.08. The molecule has 1 fully saturated rings. The van der Waals surface area contributed by atoms with Gasteiger partial charge in [0.05, 0.1) is 11.6 Å². The molecule has 1 atom stereocenters. The second-order valence-corrected chi connectivity index (χ2v) is 8.37. The average Bonchev–Trinajstić information content (AvgIpc) is 2.77. The number of carbonyl (C=O) groups excluding carboxylic acids is 1. The van der Waals surface area contributed by atoms with Crippen molar-refractivity contribution >= 4 is 17.5 Å². The van der Waals surface area contributed by atoms with Gasteiger partial charge in [-0.25, -0.2) is 0 Å². The van der Waals surface area contributed by atoms with Crippen molar-refractivity contribution < 1.29 is 19.4 Å². The molecule has 31 heavy (non-hydrogen) atoms. The molecule has 168 valence electrons. The first kappa shape index (κ1) is 23.4. The Hall–Kier alpha value is -2.28. The summed E-state index contributed by atoms with van der Waals surface area (Å²) in [5.74, 6) is 0.736. The Bertz CT molecular complexity index is 851. The molecule has 2 aromatic carbocycles. The number of aromatic hydroxyl groups is 1. The number of phenolic OH excluding ortho intramolecular Hbond substituents is 1. The molecular weight excluding hydrogens is 416 g/mol. The SMILES string of the molecule is COCCNC(=O)c1ccc(OC2CCN([C@H](C)Cc3ccc(O)cc3)CC2)c(Cl)c1. The first-order valence-corrected chi connectivity index (χ1v) is 11.1. The van der Waals surface area contributed by atoms with Gasteiger partial charge < -0.3 is 24.8 Å². The van der Waals surface area contributed by atoms with Crippen LogP contribution in [0.2, 0.25) is 5.02 Å². The van der Waals surface area contributed by atoms with Crippen LogP contribution < -0.4 is 10.1 Å². The van der Waals surface area contributed by atoms with Gasteiger partial charge in [-0.15, -0.1) is 0 Å². The van der Waals surface area contributed by atoms with E-state index in [1.165, 1.54) is 5.56 Å². The van der Waals surface area contributed by atoms with Crippen LogP contribution in [0.15, 0.2) is 42.5 Å². The standard InChI is InChI=1S/C24H31ClN2O4/c1-17(15-18-3-6-20(28)7-4-18)27-12-9-21(10-13-27)31-23-8-5-19(16-22(23)25)24(29)26-11-14-30-2/h3-8,16-17,21,28H,9-15H2,1-2H3,(H,26,29)/t17-/m1/s1. The number of nitrogens with one attached hydrogen (secondary N) is 1. The second kappa shape index (κ2) is 11.4. The van der Waals surface area contributed by atoms with Crippen LogP contribution in [-0.2, 0) is 11.2 Å². The molecule has 0 spiro atoms. The molecule has 1 aliphatic heterocycles. The third kappa shape index (κ3) is 6.86. The number of nitrogens with zero attached hydrogens (tertiary/aromatic N) is 1. The van der Waals surface area contributed by atoms with Gasteiger partial charge in [0.2, 0.25) is 0 Å². The molecule has 6 nitrogen and oxygen atoms in total. The molecule has 2 aromatic rings. The van der Waals surface area contributed by atoms with Crippen LogP contribution in [-0.4, -0.2) is 61.4 Å². The lowest BCUT2D eigenvalue weighted by atomic mass is 10.0. The van der Waals surface area contributed by atoms with Crippen LogP contribution in [0.1, 0.15) is 35.7 Å². The summed E-state index contributed by atoms with van der Waals surface area (Å²) in [6, 6.07) is 13.0. The fourth-order valence-electron chi connectivity index (χ4n) is 3.82. The minimum Gasteiger partial charge on any atom is -0.508 e. The van der Waals surface area contributed by atoms with Crippen LogP contribution in [0.3, 0.4) is 0 Å². The fourth-order valence-corrected chi connectivity index (χ4v) is 4.05. The van der Waals surface area contributed by atoms with E-state index in [1.54, 1.807) is 37.4 Å². The van der Waals surface area contributed by atoms with Crippen molar-refractivity contribution in [3.05, 3.63) is 58.6 Å². The number of hydrogen-bond acceptors (Lipinski definition) is 5. The van der Waals surface area contributed by atoms with Gasteiger partial charge >= 0.3 is 0 Å². The van der Waals surface area contributed by atoms with Crippen LogP contribution in [0.25, 0.3) is 0 Å². The molecule has 1 aliphatic rings. The number of benzene rings is 2. The van der Waals surface area contributed by atoms with Gasteiger partial charge in [0.25, 0.3) is 5.91 Å².